The number of rotatable bonds is 9. The molecule has 1 N–H and O–H groups in total. The Bertz CT molecular complexity index is 268. The van der Waals surface area contributed by atoms with Gasteiger partial charge < -0.3 is 0 Å². The lowest BCUT2D eigenvalue weighted by atomic mass is 10.1. The molecule has 92 valence electrons. The Hall–Kier alpha value is -0.860. The zero-order valence-corrected chi connectivity index (χ0v) is 10.8. The highest BCUT2D eigenvalue weighted by molar-refractivity contribution is 4.90. The van der Waals surface area contributed by atoms with E-state index in [4.69, 9.17) is 0 Å². The van der Waals surface area contributed by atoms with E-state index in [1.165, 1.54) is 38.5 Å². The monoisotopic (exact) mass is 223 g/mol. The zero-order chi connectivity index (χ0) is 11.6. The van der Waals surface area contributed by atoms with Gasteiger partial charge in [-0.1, -0.05) is 46.0 Å². The van der Waals surface area contributed by atoms with Crippen LogP contribution in [0.15, 0.2) is 0 Å². The van der Waals surface area contributed by atoms with Crippen molar-refractivity contribution in [3.63, 3.8) is 0 Å². The third-order valence-electron chi connectivity index (χ3n) is 2.82. The molecule has 0 bridgehead atoms. The molecule has 0 aliphatic heterocycles. The maximum atomic E-state index is 4.47. The molecule has 1 rings (SSSR count). The summed E-state index contributed by atoms with van der Waals surface area (Å²) in [7, 11) is 0. The highest BCUT2D eigenvalue weighted by atomic mass is 15.2. The van der Waals surface area contributed by atoms with Gasteiger partial charge in [-0.15, -0.1) is 0 Å². The van der Waals surface area contributed by atoms with Gasteiger partial charge in [0.05, 0.1) is 0 Å². The lowest BCUT2D eigenvalue weighted by Gasteiger charge is -1.97. The average molecular weight is 223 g/mol. The molecular formula is C13H25N3. The SMILES string of the molecule is CCCCCCCCc1n[nH]c(CCC)n1. The topological polar surface area (TPSA) is 41.6 Å². The molecule has 0 saturated carbocycles. The zero-order valence-electron chi connectivity index (χ0n) is 10.8. The summed E-state index contributed by atoms with van der Waals surface area (Å²) in [5, 5.41) is 7.24. The van der Waals surface area contributed by atoms with E-state index >= 15 is 0 Å². The number of hydrogen-bond donors (Lipinski definition) is 1. The van der Waals surface area contributed by atoms with Gasteiger partial charge in [-0.2, -0.15) is 5.10 Å². The Balaban J connectivity index is 2.07. The van der Waals surface area contributed by atoms with Gasteiger partial charge in [0.1, 0.15) is 5.82 Å². The van der Waals surface area contributed by atoms with E-state index in [-0.39, 0.29) is 0 Å². The molecule has 0 aliphatic rings. The Kier molecular flexibility index (Phi) is 6.86. The van der Waals surface area contributed by atoms with Crippen LogP contribution in [0, 0.1) is 0 Å². The van der Waals surface area contributed by atoms with Crippen LogP contribution in [0.2, 0.25) is 0 Å². The lowest BCUT2D eigenvalue weighted by molar-refractivity contribution is 0.601. The van der Waals surface area contributed by atoms with Gasteiger partial charge >= 0.3 is 0 Å². The van der Waals surface area contributed by atoms with Crippen molar-refractivity contribution in [1.82, 2.24) is 15.2 Å². The number of nitrogens with one attached hydrogen (secondary N) is 1. The molecule has 0 atom stereocenters. The second-order valence-corrected chi connectivity index (χ2v) is 4.47. The number of aromatic nitrogens is 3. The van der Waals surface area contributed by atoms with E-state index in [2.05, 4.69) is 29.0 Å². The van der Waals surface area contributed by atoms with Crippen LogP contribution in [0.4, 0.5) is 0 Å². The molecule has 0 spiro atoms. The van der Waals surface area contributed by atoms with Gasteiger partial charge in [0, 0.05) is 12.8 Å². The molecule has 1 heterocycles. The predicted molar refractivity (Wildman–Crippen MR) is 67.5 cm³/mol. The van der Waals surface area contributed by atoms with Crippen molar-refractivity contribution in [3.05, 3.63) is 11.6 Å². The van der Waals surface area contributed by atoms with Crippen molar-refractivity contribution in [2.75, 3.05) is 0 Å². The normalized spacial score (nSPS) is 10.9. The van der Waals surface area contributed by atoms with Crippen LogP contribution in [0.25, 0.3) is 0 Å². The lowest BCUT2D eigenvalue weighted by Crippen LogP contribution is -1.90. The first-order valence-electron chi connectivity index (χ1n) is 6.77. The molecule has 0 aliphatic carbocycles. The first-order chi connectivity index (χ1) is 7.86. The molecule has 3 heteroatoms. The van der Waals surface area contributed by atoms with Crippen LogP contribution < -0.4 is 0 Å². The van der Waals surface area contributed by atoms with Crippen LogP contribution in [-0.2, 0) is 12.8 Å². The molecule has 0 saturated heterocycles. The maximum Gasteiger partial charge on any atom is 0.150 e. The van der Waals surface area contributed by atoms with E-state index in [9.17, 15) is 0 Å². The summed E-state index contributed by atoms with van der Waals surface area (Å²) in [5.74, 6) is 2.04. The minimum Gasteiger partial charge on any atom is -0.263 e. The molecule has 1 aromatic heterocycles. The minimum atomic E-state index is 0.999. The number of aryl methyl sites for hydroxylation is 2. The number of unbranched alkanes of at least 4 members (excludes halogenated alkanes) is 5. The third kappa shape index (κ3) is 5.29. The van der Waals surface area contributed by atoms with E-state index in [0.29, 0.717) is 0 Å². The van der Waals surface area contributed by atoms with Crippen LogP contribution in [0.3, 0.4) is 0 Å². The van der Waals surface area contributed by atoms with Gasteiger partial charge in [-0.25, -0.2) is 4.98 Å². The largest absolute Gasteiger partial charge is 0.263 e. The van der Waals surface area contributed by atoms with Crippen molar-refractivity contribution in [2.45, 2.75) is 71.6 Å². The Morgan fingerprint density at radius 1 is 0.875 bits per heavy atom. The van der Waals surface area contributed by atoms with E-state index < -0.39 is 0 Å². The highest BCUT2D eigenvalue weighted by Gasteiger charge is 2.01. The number of nitrogens with zero attached hydrogens (tertiary/aromatic N) is 2. The summed E-state index contributed by atoms with van der Waals surface area (Å²) in [6.45, 7) is 4.42. The van der Waals surface area contributed by atoms with Gasteiger partial charge in [-0.05, 0) is 12.8 Å². The fourth-order valence-electron chi connectivity index (χ4n) is 1.86. The second kappa shape index (κ2) is 8.31. The molecular weight excluding hydrogens is 198 g/mol. The first-order valence-corrected chi connectivity index (χ1v) is 6.77. The summed E-state index contributed by atoms with van der Waals surface area (Å²) in [5.41, 5.74) is 0. The summed E-state index contributed by atoms with van der Waals surface area (Å²) >= 11 is 0. The quantitative estimate of drug-likeness (QED) is 0.649. The van der Waals surface area contributed by atoms with Gasteiger partial charge in [0.25, 0.3) is 0 Å². The van der Waals surface area contributed by atoms with Crippen LogP contribution >= 0.6 is 0 Å². The molecule has 0 aromatic carbocycles. The van der Waals surface area contributed by atoms with Gasteiger partial charge in [0.15, 0.2) is 5.82 Å². The van der Waals surface area contributed by atoms with E-state index in [0.717, 1.165) is 30.9 Å². The van der Waals surface area contributed by atoms with Crippen molar-refractivity contribution in [1.29, 1.82) is 0 Å². The van der Waals surface area contributed by atoms with Crippen molar-refractivity contribution in [2.24, 2.45) is 0 Å². The van der Waals surface area contributed by atoms with Crippen molar-refractivity contribution >= 4 is 0 Å². The minimum absolute atomic E-state index is 0.999. The Morgan fingerprint density at radius 3 is 2.38 bits per heavy atom. The van der Waals surface area contributed by atoms with Crippen LogP contribution in [-0.4, -0.2) is 15.2 Å². The number of hydrogen-bond acceptors (Lipinski definition) is 2. The maximum absolute atomic E-state index is 4.47. The van der Waals surface area contributed by atoms with Crippen LogP contribution in [0.1, 0.15) is 70.4 Å². The van der Waals surface area contributed by atoms with E-state index in [1.54, 1.807) is 0 Å². The Labute approximate surface area is 99.1 Å². The summed E-state index contributed by atoms with van der Waals surface area (Å²) < 4.78 is 0. The third-order valence-corrected chi connectivity index (χ3v) is 2.82. The fourth-order valence-corrected chi connectivity index (χ4v) is 1.86. The second-order valence-electron chi connectivity index (χ2n) is 4.47. The highest BCUT2D eigenvalue weighted by Crippen LogP contribution is 2.07. The molecule has 1 aromatic rings. The standard InChI is InChI=1S/C13H25N3/c1-3-5-6-7-8-9-11-13-14-12(10-4-2)15-16-13/h3-11H2,1-2H3,(H,14,15,16). The van der Waals surface area contributed by atoms with E-state index in [1.807, 2.05) is 0 Å². The molecule has 0 unspecified atom stereocenters. The summed E-state index contributed by atoms with van der Waals surface area (Å²) in [4.78, 5) is 4.47. The van der Waals surface area contributed by atoms with Crippen molar-refractivity contribution < 1.29 is 0 Å². The molecule has 0 radical (unpaired) electrons. The van der Waals surface area contributed by atoms with Gasteiger partial charge in [0.2, 0.25) is 0 Å². The molecule has 0 amide bonds. The van der Waals surface area contributed by atoms with Crippen molar-refractivity contribution in [3.8, 4) is 0 Å². The predicted octanol–water partition coefficient (Wildman–Crippen LogP) is 3.66. The summed E-state index contributed by atoms with van der Waals surface area (Å²) in [6, 6.07) is 0. The molecule has 3 nitrogen and oxygen atoms in total. The smallest absolute Gasteiger partial charge is 0.150 e. The number of aromatic amines is 1. The average Bonchev–Trinajstić information content (AvgIpc) is 2.72. The fraction of sp³-hybridized carbons (Fsp3) is 0.846. The number of H-pyrrole nitrogens is 1. The first kappa shape index (κ1) is 13.2. The summed E-state index contributed by atoms with van der Waals surface area (Å²) in [6.07, 6.45) is 11.2. The molecule has 0 fully saturated rings. The van der Waals surface area contributed by atoms with Crippen LogP contribution in [0.5, 0.6) is 0 Å². The van der Waals surface area contributed by atoms with Gasteiger partial charge in [-0.3, -0.25) is 5.10 Å². The Morgan fingerprint density at radius 2 is 1.62 bits per heavy atom. The molecule has 16 heavy (non-hydrogen) atoms.